The van der Waals surface area contributed by atoms with Crippen molar-refractivity contribution in [1.29, 1.82) is 0 Å². The highest BCUT2D eigenvalue weighted by Gasteiger charge is 2.45. The number of nitrogens with zero attached hydrogens (tertiary/aromatic N) is 4. The molecule has 3 aliphatic heterocycles. The molecule has 5 rings (SSSR count). The molecule has 0 bridgehead atoms. The second-order valence-electron chi connectivity index (χ2n) is 10.8. The molecule has 3 heterocycles. The van der Waals surface area contributed by atoms with Crippen LogP contribution < -0.4 is 9.80 Å². The summed E-state index contributed by atoms with van der Waals surface area (Å²) in [4.78, 5) is 59.0. The Morgan fingerprint density at radius 2 is 1.62 bits per heavy atom. The van der Waals surface area contributed by atoms with Gasteiger partial charge in [0, 0.05) is 45.3 Å². The van der Waals surface area contributed by atoms with E-state index >= 15 is 0 Å². The van der Waals surface area contributed by atoms with E-state index in [-0.39, 0.29) is 55.5 Å². The number of rotatable bonds is 8. The van der Waals surface area contributed by atoms with Gasteiger partial charge in [-0.25, -0.2) is 4.79 Å². The van der Waals surface area contributed by atoms with Gasteiger partial charge in [0.2, 0.25) is 5.91 Å². The molecule has 1 radical (unpaired) electrons. The summed E-state index contributed by atoms with van der Waals surface area (Å²) in [6.45, 7) is 9.11. The molecule has 5 amide bonds. The molecule has 2 saturated heterocycles. The van der Waals surface area contributed by atoms with Crippen LogP contribution in [-0.4, -0.2) is 73.8 Å². The van der Waals surface area contributed by atoms with Crippen molar-refractivity contribution in [1.82, 2.24) is 9.80 Å². The molecule has 0 spiro atoms. The van der Waals surface area contributed by atoms with Crippen LogP contribution in [0.4, 0.5) is 16.2 Å². The van der Waals surface area contributed by atoms with Crippen molar-refractivity contribution in [2.75, 3.05) is 23.1 Å². The molecule has 9 nitrogen and oxygen atoms in total. The van der Waals surface area contributed by atoms with Crippen molar-refractivity contribution in [3.8, 4) is 0 Å². The van der Waals surface area contributed by atoms with Crippen molar-refractivity contribution in [3.05, 3.63) is 59.7 Å². The fraction of sp³-hybridized carbons (Fsp3) is 0.448. The van der Waals surface area contributed by atoms with Gasteiger partial charge < -0.3 is 9.64 Å². The van der Waals surface area contributed by atoms with Gasteiger partial charge in [-0.2, -0.15) is 0 Å². The number of hydrogen-bond donors (Lipinski definition) is 0. The van der Waals surface area contributed by atoms with Crippen molar-refractivity contribution in [2.24, 2.45) is 0 Å². The average Bonchev–Trinajstić information content (AvgIpc) is 3.35. The second kappa shape index (κ2) is 10.9. The van der Waals surface area contributed by atoms with E-state index in [1.54, 1.807) is 26.8 Å². The third-order valence-corrected chi connectivity index (χ3v) is 9.19. The van der Waals surface area contributed by atoms with Crippen molar-refractivity contribution < 1.29 is 23.9 Å². The van der Waals surface area contributed by atoms with Crippen LogP contribution >= 0.6 is 0 Å². The minimum atomic E-state index is -0.715. The van der Waals surface area contributed by atoms with Crippen LogP contribution in [0.5, 0.6) is 0 Å². The van der Waals surface area contributed by atoms with Gasteiger partial charge in [0.1, 0.15) is 12.8 Å². The van der Waals surface area contributed by atoms with Crippen molar-refractivity contribution >= 4 is 43.9 Å². The fourth-order valence-electron chi connectivity index (χ4n) is 5.59. The van der Waals surface area contributed by atoms with E-state index in [2.05, 4.69) is 13.1 Å². The number of benzene rings is 2. The molecule has 205 valence electrons. The number of carbonyl (C=O) groups excluding carboxylic acids is 4. The number of ether oxygens (including phenoxy) is 1. The van der Waals surface area contributed by atoms with E-state index in [0.717, 1.165) is 27.9 Å². The lowest BCUT2D eigenvalue weighted by molar-refractivity contribution is -0.158. The van der Waals surface area contributed by atoms with Crippen molar-refractivity contribution in [3.63, 3.8) is 0 Å². The summed E-state index contributed by atoms with van der Waals surface area (Å²) in [5, 5.41) is 0. The Balaban J connectivity index is 1.32. The van der Waals surface area contributed by atoms with E-state index in [0.29, 0.717) is 18.6 Å². The van der Waals surface area contributed by atoms with E-state index in [4.69, 9.17) is 4.74 Å². The topological polar surface area (TPSA) is 90.5 Å². The number of urea groups is 1. The number of anilines is 2. The predicted octanol–water partition coefficient (Wildman–Crippen LogP) is 4.11. The molecular weight excluding hydrogens is 512 g/mol. The van der Waals surface area contributed by atoms with Gasteiger partial charge in [0.25, 0.3) is 11.8 Å². The minimum absolute atomic E-state index is 0.0425. The van der Waals surface area contributed by atoms with Gasteiger partial charge in [0.15, 0.2) is 0 Å². The molecule has 39 heavy (non-hydrogen) atoms. The molecule has 0 aromatic heterocycles. The van der Waals surface area contributed by atoms with Gasteiger partial charge >= 0.3 is 6.03 Å². The third kappa shape index (κ3) is 4.98. The van der Waals surface area contributed by atoms with Gasteiger partial charge in [-0.1, -0.05) is 31.3 Å². The molecule has 0 N–H and O–H groups in total. The Bertz CT molecular complexity index is 1290. The van der Waals surface area contributed by atoms with Crippen LogP contribution in [0.25, 0.3) is 0 Å². The zero-order chi connectivity index (χ0) is 27.8. The summed E-state index contributed by atoms with van der Waals surface area (Å²) < 4.78 is 5.63. The first-order valence-electron chi connectivity index (χ1n) is 13.5. The number of amides is 5. The first-order chi connectivity index (χ1) is 18.7. The van der Waals surface area contributed by atoms with Gasteiger partial charge in [0.05, 0.1) is 12.1 Å². The summed E-state index contributed by atoms with van der Waals surface area (Å²) in [7, 11) is -0.455. The highest BCUT2D eigenvalue weighted by Crippen LogP contribution is 2.36. The Hall–Kier alpha value is -3.50. The second-order valence-corrected chi connectivity index (χ2v) is 13.7. The normalized spacial score (nSPS) is 23.5. The third-order valence-electron chi connectivity index (χ3n) is 7.98. The molecule has 2 aromatic rings. The molecule has 0 saturated carbocycles. The summed E-state index contributed by atoms with van der Waals surface area (Å²) in [5.41, 5.74) is 2.87. The SMILES string of the molecule is CC1C(C)N(c2ccc3c(c2)CN(C2CCC(=O)N(COCC[Si](C)C)C2=O)C3=O)C(=O)N1c1ccccc1. The number of carbonyl (C=O) groups is 4. The van der Waals surface area contributed by atoms with Crippen LogP contribution in [0.15, 0.2) is 48.5 Å². The van der Waals surface area contributed by atoms with Gasteiger partial charge in [-0.05, 0) is 62.2 Å². The maximum absolute atomic E-state index is 13.5. The van der Waals surface area contributed by atoms with Crippen LogP contribution in [0, 0.1) is 0 Å². The smallest absolute Gasteiger partial charge is 0.329 e. The van der Waals surface area contributed by atoms with Crippen LogP contribution in [-0.2, 0) is 20.9 Å². The first-order valence-corrected chi connectivity index (χ1v) is 16.2. The van der Waals surface area contributed by atoms with Gasteiger partial charge in [-0.3, -0.25) is 29.1 Å². The number of fused-ring (bicyclic) bond motifs is 1. The lowest BCUT2D eigenvalue weighted by Crippen LogP contribution is -2.55. The monoisotopic (exact) mass is 547 g/mol. The van der Waals surface area contributed by atoms with Crippen LogP contribution in [0.1, 0.15) is 42.6 Å². The highest BCUT2D eigenvalue weighted by atomic mass is 28.3. The Kier molecular flexibility index (Phi) is 7.59. The predicted molar refractivity (Wildman–Crippen MR) is 150 cm³/mol. The maximum Gasteiger partial charge on any atom is 0.329 e. The fourth-order valence-corrected chi connectivity index (χ4v) is 6.14. The molecule has 0 aliphatic carbocycles. The van der Waals surface area contributed by atoms with E-state index in [1.807, 2.05) is 50.2 Å². The van der Waals surface area contributed by atoms with E-state index in [1.165, 1.54) is 0 Å². The zero-order valence-electron chi connectivity index (χ0n) is 22.9. The Morgan fingerprint density at radius 1 is 0.923 bits per heavy atom. The standard InChI is InChI=1S/C29H35N4O5Si/c1-19-20(2)33(29(37)32(19)22-8-6-5-7-9-22)23-10-11-24-21(16-23)17-30(27(24)35)25-12-13-26(34)31(28(25)36)18-38-14-15-39(3)4/h5-11,16,19-20,25H,12-15,17-18H2,1-4H3. The number of imide groups is 1. The molecule has 2 aromatic carbocycles. The zero-order valence-corrected chi connectivity index (χ0v) is 23.9. The lowest BCUT2D eigenvalue weighted by Gasteiger charge is -2.35. The summed E-state index contributed by atoms with van der Waals surface area (Å²) in [6, 6.07) is 15.0. The molecule has 3 aliphatic rings. The Morgan fingerprint density at radius 3 is 2.31 bits per heavy atom. The molecule has 3 atom stereocenters. The molecule has 10 heteroatoms. The lowest BCUT2D eigenvalue weighted by atomic mass is 10.0. The molecular formula is C29H35N4O5Si. The van der Waals surface area contributed by atoms with Crippen LogP contribution in [0.2, 0.25) is 19.1 Å². The van der Waals surface area contributed by atoms with E-state index in [9.17, 15) is 19.2 Å². The average molecular weight is 548 g/mol. The van der Waals surface area contributed by atoms with Crippen LogP contribution in [0.3, 0.4) is 0 Å². The van der Waals surface area contributed by atoms with Crippen molar-refractivity contribution in [2.45, 2.75) is 70.5 Å². The number of hydrogen-bond acceptors (Lipinski definition) is 5. The largest absolute Gasteiger partial charge is 0.361 e. The van der Waals surface area contributed by atoms with E-state index < -0.39 is 14.8 Å². The molecule has 2 fully saturated rings. The first kappa shape index (κ1) is 27.1. The van der Waals surface area contributed by atoms with Gasteiger partial charge in [-0.15, -0.1) is 0 Å². The summed E-state index contributed by atoms with van der Waals surface area (Å²) >= 11 is 0. The maximum atomic E-state index is 13.5. The highest BCUT2D eigenvalue weighted by molar-refractivity contribution is 6.55. The molecule has 3 unspecified atom stereocenters. The number of para-hydroxylation sites is 1. The summed E-state index contributed by atoms with van der Waals surface area (Å²) in [6.07, 6.45) is 0.484. The number of piperidine rings is 1. The Labute approximate surface area is 230 Å². The quantitative estimate of drug-likeness (QED) is 0.282. The number of likely N-dealkylation sites (tertiary alicyclic amines) is 1. The summed E-state index contributed by atoms with van der Waals surface area (Å²) in [5.74, 6) is -0.879. The minimum Gasteiger partial charge on any atom is -0.361 e.